The highest BCUT2D eigenvalue weighted by Crippen LogP contribution is 2.37. The Balaban J connectivity index is 2.43. The maximum atomic E-state index is 11.6. The minimum absolute atomic E-state index is 0.0429. The summed E-state index contributed by atoms with van der Waals surface area (Å²) in [5.74, 6) is -0.504. The van der Waals surface area contributed by atoms with Crippen LogP contribution < -0.4 is 4.90 Å². The van der Waals surface area contributed by atoms with E-state index in [9.17, 15) is 15.0 Å². The summed E-state index contributed by atoms with van der Waals surface area (Å²) < 4.78 is 4.87. The molecule has 1 aromatic carbocycles. The third kappa shape index (κ3) is 2.49. The average molecular weight is 277 g/mol. The van der Waals surface area contributed by atoms with Crippen molar-refractivity contribution in [3.05, 3.63) is 34.9 Å². The van der Waals surface area contributed by atoms with Gasteiger partial charge < -0.3 is 19.8 Å². The number of likely N-dealkylation sites (N-methyl/N-ethyl adjacent to an activating group) is 1. The fourth-order valence-corrected chi connectivity index (χ4v) is 2.34. The van der Waals surface area contributed by atoms with Crippen molar-refractivity contribution in [2.75, 3.05) is 18.6 Å². The van der Waals surface area contributed by atoms with Crippen LogP contribution in [-0.2, 0) is 9.53 Å². The van der Waals surface area contributed by atoms with E-state index in [1.165, 1.54) is 0 Å². The highest BCUT2D eigenvalue weighted by atomic mass is 16.5. The van der Waals surface area contributed by atoms with E-state index >= 15 is 0 Å². The van der Waals surface area contributed by atoms with E-state index in [1.54, 1.807) is 24.9 Å². The van der Waals surface area contributed by atoms with Gasteiger partial charge in [-0.3, -0.25) is 4.79 Å². The number of rotatable bonds is 3. The van der Waals surface area contributed by atoms with Crippen LogP contribution in [0.3, 0.4) is 0 Å². The monoisotopic (exact) mass is 277 g/mol. The zero-order valence-corrected chi connectivity index (χ0v) is 11.9. The van der Waals surface area contributed by atoms with Crippen LogP contribution in [0.1, 0.15) is 24.5 Å². The van der Waals surface area contributed by atoms with Crippen molar-refractivity contribution in [3.63, 3.8) is 0 Å². The van der Waals surface area contributed by atoms with Crippen LogP contribution in [-0.4, -0.2) is 36.1 Å². The normalized spacial score (nSPS) is 18.0. The van der Waals surface area contributed by atoms with Crippen molar-refractivity contribution in [2.24, 2.45) is 0 Å². The summed E-state index contributed by atoms with van der Waals surface area (Å²) in [6.45, 7) is 3.93. The van der Waals surface area contributed by atoms with Gasteiger partial charge in [0.2, 0.25) is 0 Å². The van der Waals surface area contributed by atoms with Crippen LogP contribution in [0.25, 0.3) is 5.76 Å². The molecule has 0 aliphatic carbocycles. The summed E-state index contributed by atoms with van der Waals surface area (Å²) in [5, 5.41) is 20.6. The number of anilines is 1. The first-order valence-electron chi connectivity index (χ1n) is 6.55. The molecular weight excluding hydrogens is 258 g/mol. The number of aliphatic hydroxyl groups excluding tert-OH is 2. The molecule has 0 saturated heterocycles. The number of nitrogens with zero attached hydrogens (tertiary/aromatic N) is 1. The molecule has 1 heterocycles. The Labute approximate surface area is 118 Å². The highest BCUT2D eigenvalue weighted by Gasteiger charge is 2.31. The molecule has 2 rings (SSSR count). The Morgan fingerprint density at radius 1 is 1.45 bits per heavy atom. The minimum atomic E-state index is -1.03. The molecule has 108 valence electrons. The number of carbonyl (C=O) groups excluding carboxylic acids is 1. The molecule has 0 radical (unpaired) electrons. The molecule has 0 aromatic heterocycles. The van der Waals surface area contributed by atoms with E-state index in [0.29, 0.717) is 5.56 Å². The summed E-state index contributed by atoms with van der Waals surface area (Å²) in [4.78, 5) is 13.2. The largest absolute Gasteiger partial charge is 0.507 e. The van der Waals surface area contributed by atoms with Gasteiger partial charge in [0.15, 0.2) is 6.23 Å². The molecule has 0 bridgehead atoms. The topological polar surface area (TPSA) is 70.0 Å². The Morgan fingerprint density at radius 3 is 2.80 bits per heavy atom. The molecule has 0 spiro atoms. The summed E-state index contributed by atoms with van der Waals surface area (Å²) in [6.07, 6.45) is -1.16. The van der Waals surface area contributed by atoms with Gasteiger partial charge in [-0.1, -0.05) is 6.07 Å². The number of fused-ring (bicyclic) bond motifs is 1. The van der Waals surface area contributed by atoms with Gasteiger partial charge in [0.1, 0.15) is 5.76 Å². The van der Waals surface area contributed by atoms with Crippen molar-refractivity contribution in [1.82, 2.24) is 0 Å². The van der Waals surface area contributed by atoms with Gasteiger partial charge in [-0.15, -0.1) is 0 Å². The fraction of sp³-hybridized carbons (Fsp3) is 0.400. The van der Waals surface area contributed by atoms with Crippen molar-refractivity contribution in [2.45, 2.75) is 26.5 Å². The highest BCUT2D eigenvalue weighted by molar-refractivity contribution is 5.83. The summed E-state index contributed by atoms with van der Waals surface area (Å²) in [5.41, 5.74) is 2.65. The SMILES string of the molecule is CCOC(=O)CC1=C(O)c2ccc(C)cc2N(C)C1O. The van der Waals surface area contributed by atoms with Crippen LogP contribution in [0.2, 0.25) is 0 Å². The van der Waals surface area contributed by atoms with Gasteiger partial charge in [0.05, 0.1) is 13.0 Å². The minimum Gasteiger partial charge on any atom is -0.507 e. The molecule has 1 aliphatic heterocycles. The molecule has 1 atom stereocenters. The molecule has 1 unspecified atom stereocenters. The molecule has 1 aromatic rings. The van der Waals surface area contributed by atoms with Gasteiger partial charge >= 0.3 is 5.97 Å². The molecule has 20 heavy (non-hydrogen) atoms. The van der Waals surface area contributed by atoms with Gasteiger partial charge in [-0.2, -0.15) is 0 Å². The number of carbonyl (C=O) groups is 1. The number of aliphatic hydroxyl groups is 2. The zero-order chi connectivity index (χ0) is 14.9. The lowest BCUT2D eigenvalue weighted by atomic mass is 9.96. The lowest BCUT2D eigenvalue weighted by Crippen LogP contribution is -2.38. The Hall–Kier alpha value is -2.01. The van der Waals surface area contributed by atoms with Crippen molar-refractivity contribution < 1.29 is 19.7 Å². The summed E-state index contributed by atoms with van der Waals surface area (Å²) >= 11 is 0. The molecule has 1 aliphatic rings. The van der Waals surface area contributed by atoms with Crippen LogP contribution in [0.15, 0.2) is 23.8 Å². The maximum absolute atomic E-state index is 11.6. The van der Waals surface area contributed by atoms with E-state index < -0.39 is 12.2 Å². The van der Waals surface area contributed by atoms with Crippen molar-refractivity contribution >= 4 is 17.4 Å². The van der Waals surface area contributed by atoms with Crippen molar-refractivity contribution in [3.8, 4) is 0 Å². The van der Waals surface area contributed by atoms with E-state index in [4.69, 9.17) is 4.74 Å². The van der Waals surface area contributed by atoms with E-state index in [1.807, 2.05) is 19.1 Å². The number of esters is 1. The third-order valence-corrected chi connectivity index (χ3v) is 3.41. The maximum Gasteiger partial charge on any atom is 0.310 e. The van der Waals surface area contributed by atoms with E-state index in [2.05, 4.69) is 0 Å². The first-order valence-corrected chi connectivity index (χ1v) is 6.55. The standard InChI is InChI=1S/C15H19NO4/c1-4-20-13(17)8-11-14(18)10-6-5-9(2)7-12(10)16(3)15(11)19/h5-7,15,18-19H,4,8H2,1-3H3. The number of aryl methyl sites for hydroxylation is 1. The second kappa shape index (κ2) is 5.54. The summed E-state index contributed by atoms with van der Waals surface area (Å²) in [7, 11) is 1.72. The molecule has 0 fully saturated rings. The second-order valence-corrected chi connectivity index (χ2v) is 4.86. The lowest BCUT2D eigenvalue weighted by Gasteiger charge is -2.34. The first kappa shape index (κ1) is 14.4. The number of ether oxygens (including phenoxy) is 1. The number of hydrogen-bond donors (Lipinski definition) is 2. The van der Waals surface area contributed by atoms with Gasteiger partial charge in [-0.25, -0.2) is 0 Å². The fourth-order valence-electron chi connectivity index (χ4n) is 2.34. The van der Waals surface area contributed by atoms with Gasteiger partial charge in [0.25, 0.3) is 0 Å². The zero-order valence-electron chi connectivity index (χ0n) is 11.9. The summed E-state index contributed by atoms with van der Waals surface area (Å²) in [6, 6.07) is 5.55. The van der Waals surface area contributed by atoms with Crippen LogP contribution in [0, 0.1) is 6.92 Å². The predicted octanol–water partition coefficient (Wildman–Crippen LogP) is 1.99. The Kier molecular flexibility index (Phi) is 3.99. The third-order valence-electron chi connectivity index (χ3n) is 3.41. The van der Waals surface area contributed by atoms with Gasteiger partial charge in [0, 0.05) is 23.9 Å². The average Bonchev–Trinajstić information content (AvgIpc) is 2.41. The van der Waals surface area contributed by atoms with E-state index in [-0.39, 0.29) is 24.4 Å². The predicted molar refractivity (Wildman–Crippen MR) is 76.4 cm³/mol. The molecular formula is C15H19NO4. The smallest absolute Gasteiger partial charge is 0.310 e. The van der Waals surface area contributed by atoms with Crippen LogP contribution >= 0.6 is 0 Å². The molecule has 0 saturated carbocycles. The molecule has 5 nitrogen and oxygen atoms in total. The van der Waals surface area contributed by atoms with Crippen LogP contribution in [0.5, 0.6) is 0 Å². The quantitative estimate of drug-likeness (QED) is 0.827. The molecule has 5 heteroatoms. The van der Waals surface area contributed by atoms with Crippen LogP contribution in [0.4, 0.5) is 5.69 Å². The van der Waals surface area contributed by atoms with Crippen molar-refractivity contribution in [1.29, 1.82) is 0 Å². The molecule has 2 N–H and O–H groups in total. The lowest BCUT2D eigenvalue weighted by molar-refractivity contribution is -0.142. The Bertz CT molecular complexity index is 565. The molecule has 0 amide bonds. The van der Waals surface area contributed by atoms with E-state index in [0.717, 1.165) is 11.3 Å². The van der Waals surface area contributed by atoms with Gasteiger partial charge in [-0.05, 0) is 31.5 Å². The number of hydrogen-bond acceptors (Lipinski definition) is 5. The number of benzene rings is 1. The second-order valence-electron chi connectivity index (χ2n) is 4.86. The first-order chi connectivity index (χ1) is 9.45. The Morgan fingerprint density at radius 2 is 2.15 bits per heavy atom.